The van der Waals surface area contributed by atoms with E-state index in [0.29, 0.717) is 4.47 Å². The molecule has 0 unspecified atom stereocenters. The molecule has 5 nitrogen and oxygen atoms in total. The molecule has 1 aliphatic rings. The smallest absolute Gasteiger partial charge is 0.404 e. The van der Waals surface area contributed by atoms with E-state index in [-0.39, 0.29) is 31.7 Å². The first-order valence-electron chi connectivity index (χ1n) is 6.17. The van der Waals surface area contributed by atoms with Crippen molar-refractivity contribution < 1.29 is 31.1 Å². The van der Waals surface area contributed by atoms with Crippen LogP contribution in [-0.4, -0.2) is 38.0 Å². The van der Waals surface area contributed by atoms with Crippen molar-refractivity contribution in [1.82, 2.24) is 4.31 Å². The summed E-state index contributed by atoms with van der Waals surface area (Å²) in [5, 5.41) is 0. The summed E-state index contributed by atoms with van der Waals surface area (Å²) in [6.45, 7) is -0.113. The van der Waals surface area contributed by atoms with E-state index in [0.717, 1.165) is 16.4 Å². The van der Waals surface area contributed by atoms with Crippen LogP contribution >= 0.6 is 15.9 Å². The quantitative estimate of drug-likeness (QED) is 0.780. The lowest BCUT2D eigenvalue weighted by atomic mass is 10.1. The summed E-state index contributed by atoms with van der Waals surface area (Å²) in [4.78, 5) is 10.6. The van der Waals surface area contributed by atoms with Gasteiger partial charge in [0, 0.05) is 30.4 Å². The number of ketones is 1. The molecule has 0 spiro atoms. The number of benzene rings is 1. The molecule has 0 amide bonds. The Morgan fingerprint density at radius 1 is 1.18 bits per heavy atom. The second-order valence-electron chi connectivity index (χ2n) is 4.58. The van der Waals surface area contributed by atoms with Gasteiger partial charge in [-0.1, -0.05) is 15.9 Å². The average molecular weight is 402 g/mol. The van der Waals surface area contributed by atoms with E-state index in [1.54, 1.807) is 0 Å². The molecule has 1 heterocycles. The van der Waals surface area contributed by atoms with Crippen molar-refractivity contribution >= 4 is 31.7 Å². The number of rotatable bonds is 3. The van der Waals surface area contributed by atoms with Gasteiger partial charge in [-0.3, -0.25) is 4.79 Å². The fourth-order valence-electron chi connectivity index (χ4n) is 2.01. The normalized spacial score (nSPS) is 17.5. The SMILES string of the molecule is O=C1CCN(S(=O)(=O)c2cc(Br)ccc2OC(F)(F)F)CC1. The molecule has 0 atom stereocenters. The Morgan fingerprint density at radius 3 is 2.32 bits per heavy atom. The fraction of sp³-hybridized carbons (Fsp3) is 0.417. The standard InChI is InChI=1S/C12H11BrF3NO4S/c13-8-1-2-10(21-12(14,15)16)11(7-8)22(19,20)17-5-3-9(18)4-6-17/h1-2,7H,3-6H2. The zero-order valence-corrected chi connectivity index (χ0v) is 13.5. The van der Waals surface area contributed by atoms with Crippen molar-refractivity contribution in [2.75, 3.05) is 13.1 Å². The van der Waals surface area contributed by atoms with Crippen molar-refractivity contribution in [3.05, 3.63) is 22.7 Å². The van der Waals surface area contributed by atoms with E-state index in [4.69, 9.17) is 0 Å². The minimum atomic E-state index is -5.00. The molecule has 1 aliphatic heterocycles. The lowest BCUT2D eigenvalue weighted by Crippen LogP contribution is -2.38. The molecule has 1 aromatic rings. The Balaban J connectivity index is 2.41. The third kappa shape index (κ3) is 3.99. The van der Waals surface area contributed by atoms with E-state index < -0.39 is 27.0 Å². The molecule has 22 heavy (non-hydrogen) atoms. The Labute approximate surface area is 133 Å². The lowest BCUT2D eigenvalue weighted by molar-refractivity contribution is -0.275. The van der Waals surface area contributed by atoms with Gasteiger partial charge in [-0.05, 0) is 18.2 Å². The zero-order chi connectivity index (χ0) is 16.5. The molecule has 0 radical (unpaired) electrons. The maximum absolute atomic E-state index is 12.5. The summed E-state index contributed by atoms with van der Waals surface area (Å²) >= 11 is 3.03. The molecule has 0 saturated carbocycles. The van der Waals surface area contributed by atoms with Crippen LogP contribution in [0, 0.1) is 0 Å². The van der Waals surface area contributed by atoms with E-state index in [1.165, 1.54) is 6.07 Å². The number of halogens is 4. The van der Waals surface area contributed by atoms with Gasteiger partial charge in [0.2, 0.25) is 10.0 Å². The second-order valence-corrected chi connectivity index (χ2v) is 7.40. The van der Waals surface area contributed by atoms with Crippen molar-refractivity contribution in [3.63, 3.8) is 0 Å². The van der Waals surface area contributed by atoms with Gasteiger partial charge in [0.25, 0.3) is 0 Å². The van der Waals surface area contributed by atoms with Gasteiger partial charge in [0.05, 0.1) is 0 Å². The molecule has 1 fully saturated rings. The van der Waals surface area contributed by atoms with Crippen molar-refractivity contribution in [3.8, 4) is 5.75 Å². The summed E-state index contributed by atoms with van der Waals surface area (Å²) in [5.74, 6) is -0.875. The minimum absolute atomic E-state index is 0.0443. The molecule has 0 N–H and O–H groups in total. The van der Waals surface area contributed by atoms with Gasteiger partial charge in [-0.15, -0.1) is 13.2 Å². The number of ether oxygens (including phenoxy) is 1. The van der Waals surface area contributed by atoms with Crippen molar-refractivity contribution in [1.29, 1.82) is 0 Å². The zero-order valence-electron chi connectivity index (χ0n) is 11.1. The third-order valence-corrected chi connectivity index (χ3v) is 5.44. The van der Waals surface area contributed by atoms with Crippen LogP contribution in [-0.2, 0) is 14.8 Å². The second kappa shape index (κ2) is 6.17. The fourth-order valence-corrected chi connectivity index (χ4v) is 4.10. The molecule has 0 aromatic heterocycles. The summed E-state index contributed by atoms with van der Waals surface area (Å²) in [5.41, 5.74) is 0. The Morgan fingerprint density at radius 2 is 1.77 bits per heavy atom. The summed E-state index contributed by atoms with van der Waals surface area (Å²) < 4.78 is 67.3. The Hall–Kier alpha value is -1.13. The highest BCUT2D eigenvalue weighted by molar-refractivity contribution is 9.10. The summed E-state index contributed by atoms with van der Waals surface area (Å²) in [6, 6.07) is 3.23. The molecule has 10 heteroatoms. The minimum Gasteiger partial charge on any atom is -0.404 e. The first kappa shape index (κ1) is 17.2. The number of Topliss-reactive ketones (excluding diaryl/α,β-unsaturated/α-hetero) is 1. The van der Waals surface area contributed by atoms with Crippen LogP contribution in [0.15, 0.2) is 27.6 Å². The van der Waals surface area contributed by atoms with Gasteiger partial charge < -0.3 is 4.74 Å². The Kier molecular flexibility index (Phi) is 4.83. The van der Waals surface area contributed by atoms with Crippen molar-refractivity contribution in [2.45, 2.75) is 24.1 Å². The molecule has 122 valence electrons. The van der Waals surface area contributed by atoms with Gasteiger partial charge in [-0.2, -0.15) is 4.31 Å². The Bertz CT molecular complexity index is 680. The van der Waals surface area contributed by atoms with Gasteiger partial charge in [0.15, 0.2) is 0 Å². The number of piperidine rings is 1. The molecule has 0 aliphatic carbocycles. The van der Waals surface area contributed by atoms with Crippen LogP contribution in [0.4, 0.5) is 13.2 Å². The number of alkyl halides is 3. The molecule has 2 rings (SSSR count). The lowest BCUT2D eigenvalue weighted by Gasteiger charge is -2.26. The number of carbonyl (C=O) groups excluding carboxylic acids is 1. The van der Waals surface area contributed by atoms with Crippen LogP contribution in [0.1, 0.15) is 12.8 Å². The summed E-state index contributed by atoms with van der Waals surface area (Å²) in [6.07, 6.45) is -4.92. The van der Waals surface area contributed by atoms with Crippen LogP contribution in [0.3, 0.4) is 0 Å². The van der Waals surface area contributed by atoms with Gasteiger partial charge in [0.1, 0.15) is 16.4 Å². The van der Waals surface area contributed by atoms with Crippen LogP contribution in [0.25, 0.3) is 0 Å². The van der Waals surface area contributed by atoms with E-state index in [9.17, 15) is 26.4 Å². The number of sulfonamides is 1. The predicted octanol–water partition coefficient (Wildman–Crippen LogP) is 2.70. The molecular weight excluding hydrogens is 391 g/mol. The average Bonchev–Trinajstić information content (AvgIpc) is 2.39. The highest BCUT2D eigenvalue weighted by atomic mass is 79.9. The molecule has 0 bridgehead atoms. The van der Waals surface area contributed by atoms with Gasteiger partial charge >= 0.3 is 6.36 Å². The third-order valence-electron chi connectivity index (χ3n) is 3.03. The summed E-state index contributed by atoms with van der Waals surface area (Å²) in [7, 11) is -4.18. The van der Waals surface area contributed by atoms with E-state index in [1.807, 2.05) is 0 Å². The van der Waals surface area contributed by atoms with Crippen molar-refractivity contribution in [2.24, 2.45) is 0 Å². The highest BCUT2D eigenvalue weighted by Crippen LogP contribution is 2.34. The van der Waals surface area contributed by atoms with E-state index >= 15 is 0 Å². The number of nitrogens with zero attached hydrogens (tertiary/aromatic N) is 1. The molecule has 1 saturated heterocycles. The number of hydrogen-bond acceptors (Lipinski definition) is 4. The highest BCUT2D eigenvalue weighted by Gasteiger charge is 2.36. The number of hydrogen-bond donors (Lipinski definition) is 0. The maximum atomic E-state index is 12.5. The van der Waals surface area contributed by atoms with Crippen LogP contribution < -0.4 is 4.74 Å². The predicted molar refractivity (Wildman–Crippen MR) is 73.8 cm³/mol. The monoisotopic (exact) mass is 401 g/mol. The molecular formula is C12H11BrF3NO4S. The van der Waals surface area contributed by atoms with Gasteiger partial charge in [-0.25, -0.2) is 8.42 Å². The largest absolute Gasteiger partial charge is 0.573 e. The first-order valence-corrected chi connectivity index (χ1v) is 8.40. The topological polar surface area (TPSA) is 63.7 Å². The first-order chi connectivity index (χ1) is 10.1. The number of carbonyl (C=O) groups is 1. The maximum Gasteiger partial charge on any atom is 0.573 e. The van der Waals surface area contributed by atoms with E-state index in [2.05, 4.69) is 20.7 Å². The van der Waals surface area contributed by atoms with Crippen LogP contribution in [0.5, 0.6) is 5.75 Å². The molecule has 1 aromatic carbocycles. The van der Waals surface area contributed by atoms with Crippen LogP contribution in [0.2, 0.25) is 0 Å².